The molecule has 2 unspecified atom stereocenters. The Morgan fingerprint density at radius 1 is 1.55 bits per heavy atom. The molecule has 0 aliphatic heterocycles. The standard InChI is InChI=1S/C5H13I2NO2S/c1-4(11)6-5(9)10-7-8(2)3/h4-5,9,11H,1-3H3/q-2. The molecule has 6 heteroatoms. The molecular weight excluding hydrogens is 392 g/mol. The first kappa shape index (κ1) is 12.7. The molecular formula is C5H13I2NO2S-2. The molecule has 0 saturated carbocycles. The third-order valence-electron chi connectivity index (χ3n) is 0.541. The van der Waals surface area contributed by atoms with Crippen molar-refractivity contribution in [2.24, 2.45) is 0 Å². The van der Waals surface area contributed by atoms with Crippen LogP contribution in [0.15, 0.2) is 0 Å². The van der Waals surface area contributed by atoms with Gasteiger partial charge in [-0.1, -0.05) is 0 Å². The Hall–Kier alpha value is 1.69. The first-order valence-corrected chi connectivity index (χ1v) is 7.84. The van der Waals surface area contributed by atoms with E-state index < -0.39 is 26.2 Å². The van der Waals surface area contributed by atoms with Gasteiger partial charge in [0.15, 0.2) is 0 Å². The number of alkyl halides is 2. The summed E-state index contributed by atoms with van der Waals surface area (Å²) in [5, 5.41) is 9.25. The van der Waals surface area contributed by atoms with Crippen molar-refractivity contribution in [3.05, 3.63) is 0 Å². The van der Waals surface area contributed by atoms with Crippen LogP contribution < -0.4 is 43.1 Å². The van der Waals surface area contributed by atoms with Crippen LogP contribution in [0.4, 0.5) is 0 Å². The molecule has 1 N–H and O–H groups in total. The van der Waals surface area contributed by atoms with Gasteiger partial charge in [0.05, 0.1) is 0 Å². The Bertz CT molecular complexity index is 104. The Morgan fingerprint density at radius 2 is 2.09 bits per heavy atom. The number of halogens is 2. The fourth-order valence-corrected chi connectivity index (χ4v) is 3.90. The first-order valence-electron chi connectivity index (χ1n) is 2.98. The van der Waals surface area contributed by atoms with Crippen molar-refractivity contribution in [1.29, 1.82) is 0 Å². The molecule has 0 saturated heterocycles. The topological polar surface area (TPSA) is 32.7 Å². The summed E-state index contributed by atoms with van der Waals surface area (Å²) < 4.78 is 6.96. The molecule has 0 rings (SSSR count). The van der Waals surface area contributed by atoms with Gasteiger partial charge in [-0.05, 0) is 0 Å². The average Bonchev–Trinajstić information content (AvgIpc) is 1.82. The monoisotopic (exact) mass is 405 g/mol. The predicted octanol–water partition coefficient (Wildman–Crippen LogP) is -5.88. The molecule has 0 aliphatic rings. The van der Waals surface area contributed by atoms with E-state index in [4.69, 9.17) is 3.07 Å². The van der Waals surface area contributed by atoms with Crippen molar-refractivity contribution >= 4 is 12.6 Å². The quantitative estimate of drug-likeness (QED) is 0.157. The van der Waals surface area contributed by atoms with Crippen molar-refractivity contribution < 1.29 is 51.3 Å². The number of aliphatic hydroxyl groups is 1. The first-order chi connectivity index (χ1) is 5.02. The normalized spacial score (nSPS) is 17.6. The fourth-order valence-electron chi connectivity index (χ4n) is 0.288. The van der Waals surface area contributed by atoms with Crippen LogP contribution in [0.1, 0.15) is 6.92 Å². The van der Waals surface area contributed by atoms with Crippen LogP contribution in [0.25, 0.3) is 0 Å². The molecule has 72 valence electrons. The summed E-state index contributed by atoms with van der Waals surface area (Å²) in [5.41, 5.74) is 0. The van der Waals surface area contributed by atoms with E-state index in [0.717, 1.165) is 0 Å². The third-order valence-corrected chi connectivity index (χ3v) is 5.68. The van der Waals surface area contributed by atoms with Crippen LogP contribution in [0.5, 0.6) is 0 Å². The van der Waals surface area contributed by atoms with Gasteiger partial charge in [-0.3, -0.25) is 0 Å². The van der Waals surface area contributed by atoms with Crippen LogP contribution in [0.3, 0.4) is 0 Å². The second-order valence-electron chi connectivity index (χ2n) is 1.94. The predicted molar refractivity (Wildman–Crippen MR) is 39.2 cm³/mol. The molecule has 0 bridgehead atoms. The zero-order valence-corrected chi connectivity index (χ0v) is 11.9. The molecule has 0 aromatic rings. The van der Waals surface area contributed by atoms with Gasteiger partial charge in [-0.25, -0.2) is 0 Å². The van der Waals surface area contributed by atoms with Crippen LogP contribution >= 0.6 is 12.6 Å². The minimum absolute atomic E-state index is 0.301. The number of thiol groups is 1. The Balaban J connectivity index is 3.29. The maximum atomic E-state index is 9.25. The van der Waals surface area contributed by atoms with E-state index in [1.54, 1.807) is 0 Å². The van der Waals surface area contributed by atoms with Gasteiger partial charge in [0.25, 0.3) is 0 Å². The second-order valence-corrected chi connectivity index (χ2v) is 10.2. The molecule has 2 atom stereocenters. The molecule has 0 amide bonds. The van der Waals surface area contributed by atoms with Crippen LogP contribution in [0.2, 0.25) is 0 Å². The summed E-state index contributed by atoms with van der Waals surface area (Å²) in [6.07, 6.45) is 0. The van der Waals surface area contributed by atoms with E-state index in [1.165, 1.54) is 0 Å². The van der Waals surface area contributed by atoms with E-state index in [0.29, 0.717) is 3.26 Å². The third kappa shape index (κ3) is 9.61. The van der Waals surface area contributed by atoms with Crippen molar-refractivity contribution in [3.8, 4) is 0 Å². The molecule has 0 spiro atoms. The van der Waals surface area contributed by atoms with Gasteiger partial charge >= 0.3 is 95.6 Å². The van der Waals surface area contributed by atoms with Crippen molar-refractivity contribution in [1.82, 2.24) is 3.11 Å². The molecule has 3 nitrogen and oxygen atoms in total. The molecule has 0 aromatic heterocycles. The molecule has 11 heavy (non-hydrogen) atoms. The number of hydrogen-bond acceptors (Lipinski definition) is 4. The second kappa shape index (κ2) is 7.13. The number of aliphatic hydroxyl groups excluding tert-OH is 1. The van der Waals surface area contributed by atoms with E-state index in [2.05, 4.69) is 12.6 Å². The molecule has 0 fully saturated rings. The zero-order valence-electron chi connectivity index (χ0n) is 6.66. The molecule has 0 aromatic carbocycles. The van der Waals surface area contributed by atoms with E-state index >= 15 is 0 Å². The number of nitrogens with zero attached hydrogens (tertiary/aromatic N) is 1. The maximum absolute atomic E-state index is 9.25. The summed E-state index contributed by atoms with van der Waals surface area (Å²) >= 11 is 3.43. The number of rotatable bonds is 5. The molecule has 0 aliphatic carbocycles. The van der Waals surface area contributed by atoms with Gasteiger partial charge in [-0.15, -0.1) is 0 Å². The van der Waals surface area contributed by atoms with Crippen molar-refractivity contribution in [2.75, 3.05) is 14.1 Å². The van der Waals surface area contributed by atoms with Gasteiger partial charge in [0, 0.05) is 0 Å². The Labute approximate surface area is 94.7 Å². The van der Waals surface area contributed by atoms with Crippen LogP contribution in [0, 0.1) is 0 Å². The zero-order chi connectivity index (χ0) is 8.85. The van der Waals surface area contributed by atoms with Crippen molar-refractivity contribution in [2.45, 2.75) is 14.5 Å². The summed E-state index contributed by atoms with van der Waals surface area (Å²) in [7, 11) is 3.89. The SMILES string of the molecule is CC(S)[I-]C(O)O[I-]N(C)C. The van der Waals surface area contributed by atoms with Crippen LogP contribution in [-0.4, -0.2) is 29.9 Å². The number of hydrogen-bond donors (Lipinski definition) is 2. The van der Waals surface area contributed by atoms with Gasteiger partial charge in [-0.2, -0.15) is 0 Å². The summed E-state index contributed by atoms with van der Waals surface area (Å²) in [6, 6.07) is 0. The minimum atomic E-state index is -0.531. The molecule has 0 radical (unpaired) electrons. The average molecular weight is 405 g/mol. The summed E-state index contributed by atoms with van der Waals surface area (Å²) in [6.45, 7) is 1.98. The Morgan fingerprint density at radius 3 is 2.45 bits per heavy atom. The fraction of sp³-hybridized carbons (Fsp3) is 1.00. The van der Waals surface area contributed by atoms with E-state index in [9.17, 15) is 5.11 Å². The van der Waals surface area contributed by atoms with E-state index in [1.807, 2.05) is 24.1 Å². The summed E-state index contributed by atoms with van der Waals surface area (Å²) in [4.78, 5) is 0. The van der Waals surface area contributed by atoms with Crippen LogP contribution in [-0.2, 0) is 3.07 Å². The van der Waals surface area contributed by atoms with Crippen molar-refractivity contribution in [3.63, 3.8) is 0 Å². The summed E-state index contributed by atoms with van der Waals surface area (Å²) in [5.74, 6) is 0. The Kier molecular flexibility index (Phi) is 8.22. The van der Waals surface area contributed by atoms with E-state index in [-0.39, 0.29) is 21.2 Å². The van der Waals surface area contributed by atoms with Gasteiger partial charge in [0.2, 0.25) is 0 Å². The molecule has 0 heterocycles. The van der Waals surface area contributed by atoms with Gasteiger partial charge in [0.1, 0.15) is 0 Å². The van der Waals surface area contributed by atoms with Gasteiger partial charge < -0.3 is 0 Å².